The minimum atomic E-state index is -0.118. The van der Waals surface area contributed by atoms with Crippen molar-refractivity contribution in [1.29, 1.82) is 0 Å². The Bertz CT molecular complexity index is 573. The van der Waals surface area contributed by atoms with Crippen molar-refractivity contribution in [3.63, 3.8) is 0 Å². The third kappa shape index (κ3) is 3.47. The van der Waals surface area contributed by atoms with Crippen molar-refractivity contribution >= 4 is 11.5 Å². The third-order valence-corrected chi connectivity index (χ3v) is 3.11. The first-order valence-electron chi connectivity index (χ1n) is 6.79. The van der Waals surface area contributed by atoms with Gasteiger partial charge in [-0.15, -0.1) is 0 Å². The third-order valence-electron chi connectivity index (χ3n) is 3.11. The number of halogens is 1. The van der Waals surface area contributed by atoms with E-state index in [1.165, 1.54) is 0 Å². The first-order valence-corrected chi connectivity index (χ1v) is 6.79. The normalized spacial score (nSPS) is 10.4. The number of aryl methyl sites for hydroxylation is 2. The first-order chi connectivity index (χ1) is 9.60. The van der Waals surface area contributed by atoms with Gasteiger partial charge in [-0.2, -0.15) is 0 Å². The maximum atomic E-state index is 13.6. The smallest absolute Gasteiger partial charge is 0.129 e. The average Bonchev–Trinajstić information content (AvgIpc) is 2.43. The Labute approximate surface area is 119 Å². The monoisotopic (exact) mass is 273 g/mol. The van der Waals surface area contributed by atoms with Gasteiger partial charge in [0.1, 0.15) is 11.6 Å². The second-order valence-corrected chi connectivity index (χ2v) is 4.86. The molecule has 0 spiro atoms. The van der Waals surface area contributed by atoms with E-state index in [4.69, 9.17) is 0 Å². The van der Waals surface area contributed by atoms with Crippen LogP contribution in [-0.4, -0.2) is 11.5 Å². The van der Waals surface area contributed by atoms with Crippen LogP contribution in [0.4, 0.5) is 15.9 Å². The number of aromatic nitrogens is 1. The van der Waals surface area contributed by atoms with Gasteiger partial charge in [0.15, 0.2) is 0 Å². The predicted molar refractivity (Wildman–Crippen MR) is 81.6 cm³/mol. The van der Waals surface area contributed by atoms with Gasteiger partial charge in [-0.1, -0.05) is 12.1 Å². The lowest BCUT2D eigenvalue weighted by Crippen LogP contribution is -2.03. The lowest BCUT2D eigenvalue weighted by molar-refractivity contribution is 0.608. The van der Waals surface area contributed by atoms with Gasteiger partial charge >= 0.3 is 0 Å². The summed E-state index contributed by atoms with van der Waals surface area (Å²) in [5.74, 6) is 0.732. The Morgan fingerprint density at radius 1 is 1.10 bits per heavy atom. The largest absolute Gasteiger partial charge is 0.381 e. The van der Waals surface area contributed by atoms with E-state index >= 15 is 0 Å². The molecule has 2 rings (SSSR count). The number of benzene rings is 1. The Hall–Kier alpha value is -2.10. The van der Waals surface area contributed by atoms with Crippen LogP contribution < -0.4 is 10.6 Å². The fraction of sp³-hybridized carbons (Fsp3) is 0.312. The Kier molecular flexibility index (Phi) is 4.56. The van der Waals surface area contributed by atoms with Crippen LogP contribution in [-0.2, 0) is 6.54 Å². The molecule has 4 heteroatoms. The molecule has 106 valence electrons. The number of pyridine rings is 1. The van der Waals surface area contributed by atoms with Gasteiger partial charge in [0.05, 0.1) is 0 Å². The van der Waals surface area contributed by atoms with Crippen LogP contribution in [0, 0.1) is 19.7 Å². The summed E-state index contributed by atoms with van der Waals surface area (Å²) in [6.07, 6.45) is 1.77. The van der Waals surface area contributed by atoms with Crippen molar-refractivity contribution < 1.29 is 4.39 Å². The van der Waals surface area contributed by atoms with E-state index in [0.717, 1.165) is 23.6 Å². The minimum Gasteiger partial charge on any atom is -0.381 e. The standard InChI is InChI=1S/C16H20FN3/c1-4-18-15-9-14(5-6-19-15)20-10-13-7-11(2)16(17)12(3)8-13/h5-9H,4,10H2,1-3H3,(H2,18,19,20). The molecule has 0 radical (unpaired) electrons. The van der Waals surface area contributed by atoms with Crippen LogP contribution in [0.5, 0.6) is 0 Å². The molecule has 1 aromatic heterocycles. The minimum absolute atomic E-state index is 0.118. The number of nitrogens with zero attached hydrogens (tertiary/aromatic N) is 1. The molecular formula is C16H20FN3. The molecule has 0 unspecified atom stereocenters. The van der Waals surface area contributed by atoms with E-state index in [2.05, 4.69) is 15.6 Å². The highest BCUT2D eigenvalue weighted by atomic mass is 19.1. The second kappa shape index (κ2) is 6.37. The van der Waals surface area contributed by atoms with Crippen molar-refractivity contribution in [3.05, 3.63) is 53.0 Å². The van der Waals surface area contributed by atoms with E-state index < -0.39 is 0 Å². The van der Waals surface area contributed by atoms with Crippen molar-refractivity contribution in [2.45, 2.75) is 27.3 Å². The van der Waals surface area contributed by atoms with E-state index in [-0.39, 0.29) is 5.82 Å². The maximum absolute atomic E-state index is 13.6. The summed E-state index contributed by atoms with van der Waals surface area (Å²) in [6.45, 7) is 7.12. The quantitative estimate of drug-likeness (QED) is 0.868. The fourth-order valence-electron chi connectivity index (χ4n) is 2.16. The molecule has 0 saturated heterocycles. The van der Waals surface area contributed by atoms with Crippen molar-refractivity contribution in [3.8, 4) is 0 Å². The predicted octanol–water partition coefficient (Wildman–Crippen LogP) is 3.88. The summed E-state index contributed by atoms with van der Waals surface area (Å²) in [7, 11) is 0. The van der Waals surface area contributed by atoms with Crippen molar-refractivity contribution in [2.75, 3.05) is 17.2 Å². The summed E-state index contributed by atoms with van der Waals surface area (Å²) in [5, 5.41) is 6.50. The summed E-state index contributed by atoms with van der Waals surface area (Å²) < 4.78 is 13.6. The lowest BCUT2D eigenvalue weighted by Gasteiger charge is -2.10. The van der Waals surface area contributed by atoms with E-state index in [1.54, 1.807) is 20.0 Å². The van der Waals surface area contributed by atoms with Crippen LogP contribution in [0.1, 0.15) is 23.6 Å². The van der Waals surface area contributed by atoms with Crippen LogP contribution >= 0.6 is 0 Å². The number of hydrogen-bond acceptors (Lipinski definition) is 3. The molecule has 1 aromatic carbocycles. The molecule has 0 fully saturated rings. The average molecular weight is 273 g/mol. The molecular weight excluding hydrogens is 253 g/mol. The highest BCUT2D eigenvalue weighted by molar-refractivity contribution is 5.52. The van der Waals surface area contributed by atoms with Crippen LogP contribution in [0.2, 0.25) is 0 Å². The number of nitrogens with one attached hydrogen (secondary N) is 2. The topological polar surface area (TPSA) is 37.0 Å². The molecule has 0 bridgehead atoms. The maximum Gasteiger partial charge on any atom is 0.129 e. The van der Waals surface area contributed by atoms with Gasteiger partial charge < -0.3 is 10.6 Å². The highest BCUT2D eigenvalue weighted by Gasteiger charge is 2.04. The Morgan fingerprint density at radius 2 is 1.80 bits per heavy atom. The number of anilines is 2. The van der Waals surface area contributed by atoms with Gasteiger partial charge in [-0.25, -0.2) is 9.37 Å². The molecule has 0 aliphatic heterocycles. The number of rotatable bonds is 5. The zero-order valence-electron chi connectivity index (χ0n) is 12.1. The molecule has 0 amide bonds. The molecule has 20 heavy (non-hydrogen) atoms. The zero-order chi connectivity index (χ0) is 14.5. The van der Waals surface area contributed by atoms with Gasteiger partial charge in [0.25, 0.3) is 0 Å². The SMILES string of the molecule is CCNc1cc(NCc2cc(C)c(F)c(C)c2)ccn1. The van der Waals surface area contributed by atoms with Gasteiger partial charge in [-0.05, 0) is 43.5 Å². The molecule has 3 nitrogen and oxygen atoms in total. The molecule has 1 heterocycles. The van der Waals surface area contributed by atoms with Crippen LogP contribution in [0.15, 0.2) is 30.5 Å². The lowest BCUT2D eigenvalue weighted by atomic mass is 10.1. The summed E-state index contributed by atoms with van der Waals surface area (Å²) in [5.41, 5.74) is 3.44. The molecule has 0 aliphatic rings. The summed E-state index contributed by atoms with van der Waals surface area (Å²) >= 11 is 0. The van der Waals surface area contributed by atoms with Crippen molar-refractivity contribution in [2.24, 2.45) is 0 Å². The van der Waals surface area contributed by atoms with Gasteiger partial charge in [-0.3, -0.25) is 0 Å². The Morgan fingerprint density at radius 3 is 2.45 bits per heavy atom. The molecule has 2 aromatic rings. The van der Waals surface area contributed by atoms with Gasteiger partial charge in [0, 0.05) is 31.0 Å². The summed E-state index contributed by atoms with van der Waals surface area (Å²) in [6, 6.07) is 7.64. The first kappa shape index (κ1) is 14.3. The second-order valence-electron chi connectivity index (χ2n) is 4.86. The van der Waals surface area contributed by atoms with Crippen LogP contribution in [0.3, 0.4) is 0 Å². The molecule has 2 N–H and O–H groups in total. The zero-order valence-corrected chi connectivity index (χ0v) is 12.1. The Balaban J connectivity index is 2.07. The van der Waals surface area contributed by atoms with E-state index in [1.807, 2.05) is 31.2 Å². The summed E-state index contributed by atoms with van der Waals surface area (Å²) in [4.78, 5) is 4.22. The highest BCUT2D eigenvalue weighted by Crippen LogP contribution is 2.17. The fourth-order valence-corrected chi connectivity index (χ4v) is 2.16. The molecule has 0 atom stereocenters. The number of hydrogen-bond donors (Lipinski definition) is 2. The van der Waals surface area contributed by atoms with E-state index in [9.17, 15) is 4.39 Å². The van der Waals surface area contributed by atoms with E-state index in [0.29, 0.717) is 17.7 Å². The van der Waals surface area contributed by atoms with Crippen LogP contribution in [0.25, 0.3) is 0 Å². The van der Waals surface area contributed by atoms with Crippen molar-refractivity contribution in [1.82, 2.24) is 4.98 Å². The van der Waals surface area contributed by atoms with Gasteiger partial charge in [0.2, 0.25) is 0 Å². The molecule has 0 saturated carbocycles. The molecule has 0 aliphatic carbocycles.